The maximum absolute atomic E-state index is 13.3. The zero-order chi connectivity index (χ0) is 18.0. The van der Waals surface area contributed by atoms with Crippen LogP contribution in [0.15, 0.2) is 22.7 Å². The largest absolute Gasteiger partial charge is 0.369 e. The normalized spacial score (nSPS) is 17.0. The molecule has 2 N–H and O–H groups in total. The smallest absolute Gasteiger partial charge is 0.227 e. The molecular formula is C17H19FN4O3. The van der Waals surface area contributed by atoms with Gasteiger partial charge in [0.05, 0.1) is 5.92 Å². The number of hydrogen-bond acceptors (Lipinski definition) is 5. The lowest BCUT2D eigenvalue weighted by Crippen LogP contribution is -2.31. The van der Waals surface area contributed by atoms with Crippen LogP contribution in [0.4, 0.5) is 4.39 Å². The summed E-state index contributed by atoms with van der Waals surface area (Å²) < 4.78 is 18.5. The molecule has 2 aromatic rings. The molecule has 0 radical (unpaired) electrons. The molecule has 1 aliphatic heterocycles. The fraction of sp³-hybridized carbons (Fsp3) is 0.412. The number of likely N-dealkylation sites (tertiary alicyclic amines) is 1. The third-order valence-corrected chi connectivity index (χ3v) is 4.38. The van der Waals surface area contributed by atoms with Gasteiger partial charge in [-0.15, -0.1) is 0 Å². The minimum Gasteiger partial charge on any atom is -0.369 e. The second-order valence-corrected chi connectivity index (χ2v) is 6.20. The summed E-state index contributed by atoms with van der Waals surface area (Å²) in [5, 5.41) is 3.87. The summed E-state index contributed by atoms with van der Waals surface area (Å²) in [7, 11) is 0. The zero-order valence-corrected chi connectivity index (χ0v) is 13.9. The summed E-state index contributed by atoms with van der Waals surface area (Å²) in [6.07, 6.45) is 1.13. The van der Waals surface area contributed by atoms with Gasteiger partial charge in [0, 0.05) is 31.5 Å². The van der Waals surface area contributed by atoms with E-state index in [2.05, 4.69) is 10.1 Å². The molecule has 1 aliphatic rings. The molecule has 8 heteroatoms. The summed E-state index contributed by atoms with van der Waals surface area (Å²) in [5.41, 5.74) is 6.42. The lowest BCUT2D eigenvalue weighted by atomic mass is 10.1. The molecule has 2 amide bonds. The number of benzene rings is 1. The van der Waals surface area contributed by atoms with Crippen molar-refractivity contribution in [3.05, 3.63) is 35.5 Å². The number of hydrogen-bond donors (Lipinski definition) is 1. The molecule has 0 aliphatic carbocycles. The maximum Gasteiger partial charge on any atom is 0.227 e. The molecule has 1 fully saturated rings. The highest BCUT2D eigenvalue weighted by atomic mass is 19.1. The Morgan fingerprint density at radius 2 is 2.24 bits per heavy atom. The van der Waals surface area contributed by atoms with Crippen molar-refractivity contribution >= 4 is 11.8 Å². The minimum atomic E-state index is -0.369. The van der Waals surface area contributed by atoms with E-state index in [0.717, 1.165) is 0 Å². The number of rotatable bonds is 5. The Morgan fingerprint density at radius 3 is 2.92 bits per heavy atom. The monoisotopic (exact) mass is 346 g/mol. The molecule has 1 aromatic carbocycles. The number of halogens is 1. The summed E-state index contributed by atoms with van der Waals surface area (Å²) in [5.74, 6) is -0.289. The van der Waals surface area contributed by atoms with E-state index in [9.17, 15) is 14.0 Å². The first-order valence-corrected chi connectivity index (χ1v) is 8.10. The van der Waals surface area contributed by atoms with E-state index in [-0.39, 0.29) is 30.0 Å². The van der Waals surface area contributed by atoms with Crippen LogP contribution >= 0.6 is 0 Å². The van der Waals surface area contributed by atoms with Crippen LogP contribution in [0.2, 0.25) is 0 Å². The summed E-state index contributed by atoms with van der Waals surface area (Å²) >= 11 is 0. The van der Waals surface area contributed by atoms with Gasteiger partial charge in [0.25, 0.3) is 0 Å². The van der Waals surface area contributed by atoms with E-state index in [1.807, 2.05) is 0 Å². The molecule has 0 saturated carbocycles. The molecule has 0 bridgehead atoms. The first kappa shape index (κ1) is 17.1. The third kappa shape index (κ3) is 3.84. The average molecular weight is 346 g/mol. The SMILES string of the molecule is Cc1cc(-c2noc(CCC(=O)N3CC[C@H](C(N)=O)C3)n2)ccc1F. The van der Waals surface area contributed by atoms with Crippen molar-refractivity contribution in [1.29, 1.82) is 0 Å². The number of aryl methyl sites for hydroxylation is 2. The van der Waals surface area contributed by atoms with Crippen LogP contribution in [-0.4, -0.2) is 39.9 Å². The predicted octanol–water partition coefficient (Wildman–Crippen LogP) is 1.45. The van der Waals surface area contributed by atoms with Gasteiger partial charge in [-0.1, -0.05) is 5.16 Å². The van der Waals surface area contributed by atoms with Crippen molar-refractivity contribution in [3.63, 3.8) is 0 Å². The van der Waals surface area contributed by atoms with Crippen LogP contribution in [0.5, 0.6) is 0 Å². The molecule has 1 atom stereocenters. The van der Waals surface area contributed by atoms with Crippen molar-refractivity contribution in [2.75, 3.05) is 13.1 Å². The Balaban J connectivity index is 1.58. The first-order valence-electron chi connectivity index (χ1n) is 8.10. The molecule has 0 unspecified atom stereocenters. The van der Waals surface area contributed by atoms with Gasteiger partial charge in [0.2, 0.25) is 23.5 Å². The first-order chi connectivity index (χ1) is 11.9. The number of primary amides is 1. The molecule has 0 spiro atoms. The molecule has 3 rings (SSSR count). The zero-order valence-electron chi connectivity index (χ0n) is 13.9. The Bertz CT molecular complexity index is 805. The number of nitrogens with two attached hydrogens (primary N) is 1. The summed E-state index contributed by atoms with van der Waals surface area (Å²) in [6, 6.07) is 4.58. The van der Waals surface area contributed by atoms with Crippen molar-refractivity contribution in [2.24, 2.45) is 11.7 Å². The van der Waals surface area contributed by atoms with Crippen LogP contribution in [0.1, 0.15) is 24.3 Å². The fourth-order valence-corrected chi connectivity index (χ4v) is 2.85. The second-order valence-electron chi connectivity index (χ2n) is 6.20. The van der Waals surface area contributed by atoms with Crippen molar-refractivity contribution in [3.8, 4) is 11.4 Å². The number of amides is 2. The van der Waals surface area contributed by atoms with Gasteiger partial charge in [0.1, 0.15) is 5.82 Å². The standard InChI is InChI=1S/C17H19FN4O3/c1-10-8-11(2-3-13(10)18)17-20-14(25-21-17)4-5-15(23)22-7-6-12(9-22)16(19)24/h2-3,8,12H,4-7,9H2,1H3,(H2,19,24)/t12-/m0/s1. The molecule has 1 aromatic heterocycles. The van der Waals surface area contributed by atoms with E-state index in [4.69, 9.17) is 10.3 Å². The van der Waals surface area contributed by atoms with E-state index in [1.165, 1.54) is 6.07 Å². The fourth-order valence-electron chi connectivity index (χ4n) is 2.85. The number of carbonyl (C=O) groups is 2. The van der Waals surface area contributed by atoms with E-state index in [1.54, 1.807) is 24.0 Å². The Hall–Kier alpha value is -2.77. The lowest BCUT2D eigenvalue weighted by molar-refractivity contribution is -0.130. The van der Waals surface area contributed by atoms with Crippen LogP contribution in [0, 0.1) is 18.7 Å². The van der Waals surface area contributed by atoms with Gasteiger partial charge in [-0.3, -0.25) is 9.59 Å². The minimum absolute atomic E-state index is 0.0684. The molecule has 7 nitrogen and oxygen atoms in total. The highest BCUT2D eigenvalue weighted by molar-refractivity contribution is 5.81. The molecule has 2 heterocycles. The van der Waals surface area contributed by atoms with Crippen LogP contribution in [0.3, 0.4) is 0 Å². The summed E-state index contributed by atoms with van der Waals surface area (Å²) in [6.45, 7) is 2.57. The van der Waals surface area contributed by atoms with Crippen LogP contribution < -0.4 is 5.73 Å². The van der Waals surface area contributed by atoms with E-state index < -0.39 is 0 Å². The second kappa shape index (κ2) is 7.00. The highest BCUT2D eigenvalue weighted by Gasteiger charge is 2.29. The highest BCUT2D eigenvalue weighted by Crippen LogP contribution is 2.20. The number of aromatic nitrogens is 2. The Kier molecular flexibility index (Phi) is 4.78. The van der Waals surface area contributed by atoms with Crippen molar-refractivity contribution in [2.45, 2.75) is 26.2 Å². The lowest BCUT2D eigenvalue weighted by Gasteiger charge is -2.15. The van der Waals surface area contributed by atoms with Crippen LogP contribution in [-0.2, 0) is 16.0 Å². The quantitative estimate of drug-likeness (QED) is 0.883. The predicted molar refractivity (Wildman–Crippen MR) is 86.6 cm³/mol. The van der Waals surface area contributed by atoms with Gasteiger partial charge >= 0.3 is 0 Å². The van der Waals surface area contributed by atoms with Crippen molar-refractivity contribution < 1.29 is 18.5 Å². The van der Waals surface area contributed by atoms with E-state index >= 15 is 0 Å². The van der Waals surface area contributed by atoms with Crippen LogP contribution in [0.25, 0.3) is 11.4 Å². The average Bonchev–Trinajstić information content (AvgIpc) is 3.24. The molecule has 132 valence electrons. The maximum atomic E-state index is 13.3. The van der Waals surface area contributed by atoms with Crippen molar-refractivity contribution in [1.82, 2.24) is 15.0 Å². The Labute approximate surface area is 144 Å². The molecular weight excluding hydrogens is 327 g/mol. The third-order valence-electron chi connectivity index (χ3n) is 4.38. The van der Waals surface area contributed by atoms with Gasteiger partial charge in [-0.2, -0.15) is 4.98 Å². The summed E-state index contributed by atoms with van der Waals surface area (Å²) in [4.78, 5) is 29.2. The Morgan fingerprint density at radius 1 is 1.44 bits per heavy atom. The topological polar surface area (TPSA) is 102 Å². The van der Waals surface area contributed by atoms with Gasteiger partial charge in [0.15, 0.2) is 0 Å². The number of carbonyl (C=O) groups excluding carboxylic acids is 2. The van der Waals surface area contributed by atoms with E-state index in [0.29, 0.717) is 48.8 Å². The number of nitrogens with zero attached hydrogens (tertiary/aromatic N) is 3. The molecule has 25 heavy (non-hydrogen) atoms. The molecule has 1 saturated heterocycles. The van der Waals surface area contributed by atoms with Gasteiger partial charge in [-0.05, 0) is 37.1 Å². The van der Waals surface area contributed by atoms with Gasteiger partial charge in [-0.25, -0.2) is 4.39 Å². The van der Waals surface area contributed by atoms with Gasteiger partial charge < -0.3 is 15.2 Å².